The van der Waals surface area contributed by atoms with Crippen molar-refractivity contribution < 1.29 is 32.4 Å². The third-order valence-corrected chi connectivity index (χ3v) is 5.19. The number of nitrogens with zero attached hydrogens (tertiary/aromatic N) is 4. The van der Waals surface area contributed by atoms with Crippen molar-refractivity contribution in [2.75, 3.05) is 6.61 Å². The molecule has 37 heavy (non-hydrogen) atoms. The number of esters is 1. The highest BCUT2D eigenvalue weighted by molar-refractivity contribution is 6.31. The number of nitro benzene ring substituents is 1. The van der Waals surface area contributed by atoms with E-state index in [2.05, 4.69) is 0 Å². The van der Waals surface area contributed by atoms with Gasteiger partial charge in [0.05, 0.1) is 22.1 Å². The molecule has 3 rings (SSSR count). The molecule has 12 nitrogen and oxygen atoms in total. The van der Waals surface area contributed by atoms with Crippen LogP contribution in [0.1, 0.15) is 12.5 Å². The van der Waals surface area contributed by atoms with Crippen LogP contribution in [0.15, 0.2) is 50.8 Å². The highest BCUT2D eigenvalue weighted by atomic mass is 35.5. The molecule has 16 heteroatoms. The summed E-state index contributed by atoms with van der Waals surface area (Å²) in [5.41, 5.74) is -6.33. The first-order valence-corrected chi connectivity index (χ1v) is 10.6. The van der Waals surface area contributed by atoms with Crippen molar-refractivity contribution in [1.29, 1.82) is 0 Å². The van der Waals surface area contributed by atoms with Crippen LogP contribution in [0.3, 0.4) is 0 Å². The minimum atomic E-state index is -4.72. The Labute approximate surface area is 208 Å². The van der Waals surface area contributed by atoms with Gasteiger partial charge in [0.15, 0.2) is 0 Å². The summed E-state index contributed by atoms with van der Waals surface area (Å²) in [7, 11) is 0.985. The number of benzene rings is 2. The summed E-state index contributed by atoms with van der Waals surface area (Å²) in [4.78, 5) is 60.9. The molecule has 1 aromatic heterocycles. The van der Waals surface area contributed by atoms with E-state index in [1.165, 1.54) is 6.92 Å². The molecule has 196 valence electrons. The molecule has 0 amide bonds. The molecular formula is C21H16ClF3N4O8. The van der Waals surface area contributed by atoms with E-state index in [0.717, 1.165) is 37.4 Å². The van der Waals surface area contributed by atoms with Crippen LogP contribution in [0.4, 0.5) is 18.9 Å². The number of hydrogen-bond donors (Lipinski definition) is 0. The van der Waals surface area contributed by atoms with Gasteiger partial charge in [-0.25, -0.2) is 28.1 Å². The van der Waals surface area contributed by atoms with E-state index in [0.29, 0.717) is 15.2 Å². The molecule has 0 saturated heterocycles. The van der Waals surface area contributed by atoms with E-state index in [9.17, 15) is 42.5 Å². The first kappa shape index (κ1) is 27.2. The SMILES string of the molecule is CCOC(=O)Cn1c(=O)n(C)c(=O)n(-c2cc(Oc3ccc(C(F)(F)F)c(Cl)c3)ccc2[N+](=O)[O-])c1=O. The fourth-order valence-corrected chi connectivity index (χ4v) is 3.48. The second-order valence-electron chi connectivity index (χ2n) is 7.28. The van der Waals surface area contributed by atoms with E-state index in [1.54, 1.807) is 0 Å². The van der Waals surface area contributed by atoms with Crippen molar-refractivity contribution in [3.05, 3.63) is 88.6 Å². The van der Waals surface area contributed by atoms with Crippen LogP contribution in [0, 0.1) is 10.1 Å². The van der Waals surface area contributed by atoms with Crippen molar-refractivity contribution in [2.45, 2.75) is 19.6 Å². The Hall–Kier alpha value is -4.40. The highest BCUT2D eigenvalue weighted by Crippen LogP contribution is 2.37. The van der Waals surface area contributed by atoms with Gasteiger partial charge in [0, 0.05) is 25.2 Å². The van der Waals surface area contributed by atoms with Gasteiger partial charge in [0.25, 0.3) is 5.69 Å². The Morgan fingerprint density at radius 3 is 2.24 bits per heavy atom. The third kappa shape index (κ3) is 5.55. The first-order chi connectivity index (χ1) is 17.3. The predicted molar refractivity (Wildman–Crippen MR) is 121 cm³/mol. The van der Waals surface area contributed by atoms with Crippen LogP contribution in [0.25, 0.3) is 5.69 Å². The average molecular weight is 545 g/mol. The number of aromatic nitrogens is 3. The van der Waals surface area contributed by atoms with Gasteiger partial charge < -0.3 is 9.47 Å². The second-order valence-corrected chi connectivity index (χ2v) is 7.69. The summed E-state index contributed by atoms with van der Waals surface area (Å²) in [6, 6.07) is 5.30. The Morgan fingerprint density at radius 1 is 1.05 bits per heavy atom. The number of carbonyl (C=O) groups excluding carboxylic acids is 1. The average Bonchev–Trinajstić information content (AvgIpc) is 2.80. The lowest BCUT2D eigenvalue weighted by molar-refractivity contribution is -0.384. The fourth-order valence-electron chi connectivity index (χ4n) is 3.20. The first-order valence-electron chi connectivity index (χ1n) is 10.2. The maximum Gasteiger partial charge on any atom is 0.417 e. The van der Waals surface area contributed by atoms with Gasteiger partial charge in [0.2, 0.25) is 0 Å². The standard InChI is InChI=1S/C21H16ClF3N4O8/c1-3-36-17(30)10-27-18(31)26(2)19(32)28(20(27)33)16-9-12(5-7-15(16)29(34)35)37-11-4-6-13(14(22)8-11)21(23,24)25/h4-9H,3,10H2,1-2H3. The smallest absolute Gasteiger partial charge is 0.417 e. The van der Waals surface area contributed by atoms with Crippen molar-refractivity contribution in [3.63, 3.8) is 0 Å². The lowest BCUT2D eigenvalue weighted by Crippen LogP contribution is -2.54. The predicted octanol–water partition coefficient (Wildman–Crippen LogP) is 2.63. The maximum absolute atomic E-state index is 13.0. The van der Waals surface area contributed by atoms with E-state index in [-0.39, 0.29) is 22.7 Å². The zero-order valence-corrected chi connectivity index (χ0v) is 19.7. The number of ether oxygens (including phenoxy) is 2. The summed E-state index contributed by atoms with van der Waals surface area (Å²) >= 11 is 5.68. The van der Waals surface area contributed by atoms with Crippen LogP contribution >= 0.6 is 11.6 Å². The molecule has 0 aliphatic rings. The molecule has 1 heterocycles. The summed E-state index contributed by atoms with van der Waals surface area (Å²) < 4.78 is 50.1. The summed E-state index contributed by atoms with van der Waals surface area (Å²) in [5.74, 6) is -1.39. The highest BCUT2D eigenvalue weighted by Gasteiger charge is 2.33. The number of alkyl halides is 3. The Morgan fingerprint density at radius 2 is 1.68 bits per heavy atom. The number of halogens is 4. The monoisotopic (exact) mass is 544 g/mol. The molecule has 0 aliphatic heterocycles. The molecule has 0 N–H and O–H groups in total. The van der Waals surface area contributed by atoms with E-state index >= 15 is 0 Å². The van der Waals surface area contributed by atoms with E-state index in [1.807, 2.05) is 0 Å². The normalized spacial score (nSPS) is 11.3. The van der Waals surface area contributed by atoms with Gasteiger partial charge in [-0.05, 0) is 25.1 Å². The van der Waals surface area contributed by atoms with Gasteiger partial charge in [-0.15, -0.1) is 0 Å². The molecule has 2 aromatic carbocycles. The summed E-state index contributed by atoms with van der Waals surface area (Å²) in [5, 5.41) is 11.0. The topological polar surface area (TPSA) is 145 Å². The van der Waals surface area contributed by atoms with Crippen LogP contribution in [-0.4, -0.2) is 31.2 Å². The van der Waals surface area contributed by atoms with Gasteiger partial charge in [-0.3, -0.25) is 14.9 Å². The second kappa shape index (κ2) is 10.3. The Bertz CT molecular complexity index is 1580. The number of hydrogen-bond acceptors (Lipinski definition) is 8. The van der Waals surface area contributed by atoms with Crippen LogP contribution in [0.2, 0.25) is 5.02 Å². The van der Waals surface area contributed by atoms with Crippen molar-refractivity contribution in [2.24, 2.45) is 7.05 Å². The van der Waals surface area contributed by atoms with Gasteiger partial charge in [-0.1, -0.05) is 11.6 Å². The third-order valence-electron chi connectivity index (χ3n) is 4.88. The molecule has 0 unspecified atom stereocenters. The minimum Gasteiger partial charge on any atom is -0.465 e. The zero-order chi connectivity index (χ0) is 27.7. The van der Waals surface area contributed by atoms with Crippen LogP contribution in [-0.2, 0) is 29.3 Å². The Kier molecular flexibility index (Phi) is 7.57. The molecule has 0 fully saturated rings. The maximum atomic E-state index is 13.0. The van der Waals surface area contributed by atoms with Crippen molar-refractivity contribution in [3.8, 4) is 17.2 Å². The van der Waals surface area contributed by atoms with Gasteiger partial charge >= 0.3 is 29.2 Å². The molecule has 3 aromatic rings. The molecule has 0 radical (unpaired) electrons. The lowest BCUT2D eigenvalue weighted by atomic mass is 10.2. The minimum absolute atomic E-state index is 0.0631. The summed E-state index contributed by atoms with van der Waals surface area (Å²) in [6.45, 7) is 0.540. The van der Waals surface area contributed by atoms with Crippen molar-refractivity contribution >= 4 is 23.3 Å². The largest absolute Gasteiger partial charge is 0.465 e. The van der Waals surface area contributed by atoms with Crippen LogP contribution in [0.5, 0.6) is 11.5 Å². The van der Waals surface area contributed by atoms with Gasteiger partial charge in [-0.2, -0.15) is 13.2 Å². The summed E-state index contributed by atoms with van der Waals surface area (Å²) in [6.07, 6.45) is -4.72. The van der Waals surface area contributed by atoms with E-state index < -0.39 is 62.6 Å². The van der Waals surface area contributed by atoms with Crippen LogP contribution < -0.4 is 21.8 Å². The molecule has 0 aliphatic carbocycles. The quantitative estimate of drug-likeness (QED) is 0.251. The number of rotatable bonds is 7. The fraction of sp³-hybridized carbons (Fsp3) is 0.238. The molecule has 0 bridgehead atoms. The molecule has 0 atom stereocenters. The Balaban J connectivity index is 2.18. The molecule has 0 spiro atoms. The van der Waals surface area contributed by atoms with Gasteiger partial charge in [0.1, 0.15) is 23.7 Å². The molecule has 0 saturated carbocycles. The van der Waals surface area contributed by atoms with E-state index in [4.69, 9.17) is 21.1 Å². The number of carbonyl (C=O) groups is 1. The number of nitro groups is 1. The zero-order valence-electron chi connectivity index (χ0n) is 18.9. The molecular weight excluding hydrogens is 529 g/mol. The van der Waals surface area contributed by atoms with Crippen molar-refractivity contribution in [1.82, 2.24) is 13.7 Å². The lowest BCUT2D eigenvalue weighted by Gasteiger charge is -2.14.